The van der Waals surface area contributed by atoms with Crippen molar-refractivity contribution in [2.24, 2.45) is 0 Å². The van der Waals surface area contributed by atoms with Gasteiger partial charge in [0.15, 0.2) is 5.78 Å². The molecule has 1 aromatic rings. The van der Waals surface area contributed by atoms with Gasteiger partial charge in [0.25, 0.3) is 0 Å². The average molecular weight is 263 g/mol. The Balaban J connectivity index is 2.06. The van der Waals surface area contributed by atoms with Crippen molar-refractivity contribution in [2.45, 2.75) is 32.7 Å². The fourth-order valence-corrected chi connectivity index (χ4v) is 2.76. The van der Waals surface area contributed by atoms with E-state index in [4.69, 9.17) is 0 Å². The monoisotopic (exact) mass is 263 g/mol. The molecule has 5 heteroatoms. The summed E-state index contributed by atoms with van der Waals surface area (Å²) in [6, 6.07) is 1.72. The third-order valence-electron chi connectivity index (χ3n) is 3.71. The van der Waals surface area contributed by atoms with Crippen LogP contribution in [0.3, 0.4) is 0 Å². The molecular formula is C14H21N3O2. The number of aromatic amines is 1. The van der Waals surface area contributed by atoms with Crippen LogP contribution in [0.2, 0.25) is 0 Å². The number of H-pyrrole nitrogens is 1. The topological polar surface area (TPSA) is 65.2 Å². The first kappa shape index (κ1) is 13.8. The molecule has 1 aliphatic rings. The number of hydrogen-bond donors (Lipinski definition) is 2. The molecule has 2 N–H and O–H groups in total. The van der Waals surface area contributed by atoms with Crippen molar-refractivity contribution in [3.8, 4) is 0 Å². The third-order valence-corrected chi connectivity index (χ3v) is 3.71. The molecule has 0 aliphatic carbocycles. The van der Waals surface area contributed by atoms with Gasteiger partial charge in [-0.15, -0.1) is 0 Å². The Hall–Kier alpha value is -1.62. The molecule has 1 unspecified atom stereocenters. The molecule has 19 heavy (non-hydrogen) atoms. The fraction of sp³-hybridized carbons (Fsp3) is 0.571. The summed E-state index contributed by atoms with van der Waals surface area (Å²) in [5.74, 6) is 0.0879. The first-order valence-electron chi connectivity index (χ1n) is 6.68. The Morgan fingerprint density at radius 2 is 2.21 bits per heavy atom. The number of amides is 1. The number of aromatic nitrogens is 1. The van der Waals surface area contributed by atoms with E-state index >= 15 is 0 Å². The molecule has 1 aliphatic heterocycles. The second-order valence-corrected chi connectivity index (χ2v) is 5.16. The minimum absolute atomic E-state index is 0.00673. The van der Waals surface area contributed by atoms with Crippen LogP contribution >= 0.6 is 0 Å². The normalized spacial score (nSPS) is 19.6. The summed E-state index contributed by atoms with van der Waals surface area (Å²) in [6.07, 6.45) is 1.80. The van der Waals surface area contributed by atoms with Crippen LogP contribution in [-0.2, 0) is 4.79 Å². The summed E-state index contributed by atoms with van der Waals surface area (Å²) in [4.78, 5) is 29.2. The number of rotatable bonds is 4. The maximum absolute atomic E-state index is 12.3. The van der Waals surface area contributed by atoms with Gasteiger partial charge in [-0.05, 0) is 39.3 Å². The van der Waals surface area contributed by atoms with Gasteiger partial charge in [-0.2, -0.15) is 0 Å². The minimum Gasteiger partial charge on any atom is -0.362 e. The SMILES string of the molecule is CNC(=O)C1CCCN1CC(=O)c1cc(C)[nH]c1C. The Kier molecular flexibility index (Phi) is 4.04. The smallest absolute Gasteiger partial charge is 0.237 e. The number of nitrogens with one attached hydrogen (secondary N) is 2. The number of nitrogens with zero attached hydrogens (tertiary/aromatic N) is 1. The van der Waals surface area contributed by atoms with Crippen molar-refractivity contribution in [1.82, 2.24) is 15.2 Å². The summed E-state index contributed by atoms with van der Waals surface area (Å²) < 4.78 is 0. The maximum Gasteiger partial charge on any atom is 0.237 e. The van der Waals surface area contributed by atoms with E-state index in [0.29, 0.717) is 6.54 Å². The molecule has 2 heterocycles. The standard InChI is InChI=1S/C14H21N3O2/c1-9-7-11(10(2)16-9)13(18)8-17-6-4-5-12(17)14(19)15-3/h7,12,16H,4-6,8H2,1-3H3,(H,15,19). The van der Waals surface area contributed by atoms with Gasteiger partial charge >= 0.3 is 0 Å². The third kappa shape index (κ3) is 2.87. The number of carbonyl (C=O) groups is 2. The lowest BCUT2D eigenvalue weighted by atomic mass is 10.1. The van der Waals surface area contributed by atoms with Gasteiger partial charge in [0.05, 0.1) is 12.6 Å². The first-order valence-corrected chi connectivity index (χ1v) is 6.68. The summed E-state index contributed by atoms with van der Waals surface area (Å²) >= 11 is 0. The van der Waals surface area contributed by atoms with Crippen LogP contribution in [0, 0.1) is 13.8 Å². The zero-order valence-electron chi connectivity index (χ0n) is 11.7. The number of Topliss-reactive ketones (excluding diaryl/α,β-unsaturated/α-hetero) is 1. The lowest BCUT2D eigenvalue weighted by molar-refractivity contribution is -0.124. The van der Waals surface area contributed by atoms with Crippen LogP contribution in [0.1, 0.15) is 34.6 Å². The molecule has 0 spiro atoms. The van der Waals surface area contributed by atoms with Gasteiger partial charge in [-0.1, -0.05) is 0 Å². The van der Waals surface area contributed by atoms with Crippen molar-refractivity contribution < 1.29 is 9.59 Å². The van der Waals surface area contributed by atoms with Crippen LogP contribution in [0.25, 0.3) is 0 Å². The quantitative estimate of drug-likeness (QED) is 0.797. The predicted octanol–water partition coefficient (Wildman–Crippen LogP) is 1.02. The molecule has 0 aromatic carbocycles. The molecule has 1 atom stereocenters. The van der Waals surface area contributed by atoms with E-state index < -0.39 is 0 Å². The van der Waals surface area contributed by atoms with Gasteiger partial charge in [-0.3, -0.25) is 14.5 Å². The highest BCUT2D eigenvalue weighted by atomic mass is 16.2. The zero-order valence-corrected chi connectivity index (χ0v) is 11.7. The van der Waals surface area contributed by atoms with Gasteiger partial charge < -0.3 is 10.3 Å². The van der Waals surface area contributed by atoms with Gasteiger partial charge in [0, 0.05) is 24.0 Å². The molecule has 2 rings (SSSR count). The van der Waals surface area contributed by atoms with E-state index in [-0.39, 0.29) is 17.7 Å². The number of ketones is 1. The van der Waals surface area contributed by atoms with E-state index in [0.717, 1.165) is 36.3 Å². The Bertz CT molecular complexity index is 493. The Morgan fingerprint density at radius 3 is 2.79 bits per heavy atom. The van der Waals surface area contributed by atoms with Crippen LogP contribution in [0.4, 0.5) is 0 Å². The molecule has 1 aromatic heterocycles. The summed E-state index contributed by atoms with van der Waals surface area (Å²) in [5, 5.41) is 2.67. The van der Waals surface area contributed by atoms with Gasteiger partial charge in [0.2, 0.25) is 5.91 Å². The molecule has 104 valence electrons. The lowest BCUT2D eigenvalue weighted by Gasteiger charge is -2.22. The van der Waals surface area contributed by atoms with E-state index in [1.807, 2.05) is 24.8 Å². The average Bonchev–Trinajstić information content (AvgIpc) is 2.95. The molecule has 0 bridgehead atoms. The van der Waals surface area contributed by atoms with Crippen LogP contribution < -0.4 is 5.32 Å². The molecule has 5 nitrogen and oxygen atoms in total. The lowest BCUT2D eigenvalue weighted by Crippen LogP contribution is -2.44. The minimum atomic E-state index is -0.158. The maximum atomic E-state index is 12.3. The largest absolute Gasteiger partial charge is 0.362 e. The van der Waals surface area contributed by atoms with Gasteiger partial charge in [0.1, 0.15) is 0 Å². The molecule has 1 amide bonds. The van der Waals surface area contributed by atoms with E-state index in [9.17, 15) is 9.59 Å². The molecular weight excluding hydrogens is 242 g/mol. The summed E-state index contributed by atoms with van der Waals surface area (Å²) in [5.41, 5.74) is 2.63. The number of hydrogen-bond acceptors (Lipinski definition) is 3. The van der Waals surface area contributed by atoms with Crippen LogP contribution in [0.15, 0.2) is 6.07 Å². The number of carbonyl (C=O) groups excluding carboxylic acids is 2. The van der Waals surface area contributed by atoms with Crippen LogP contribution in [-0.4, -0.2) is 47.8 Å². The van der Waals surface area contributed by atoms with E-state index in [1.165, 1.54) is 0 Å². The fourth-order valence-electron chi connectivity index (χ4n) is 2.76. The van der Waals surface area contributed by atoms with Crippen molar-refractivity contribution in [1.29, 1.82) is 0 Å². The van der Waals surface area contributed by atoms with Gasteiger partial charge in [-0.25, -0.2) is 0 Å². The highest BCUT2D eigenvalue weighted by molar-refractivity contribution is 5.99. The zero-order chi connectivity index (χ0) is 14.0. The second-order valence-electron chi connectivity index (χ2n) is 5.16. The first-order chi connectivity index (χ1) is 9.02. The van der Waals surface area contributed by atoms with Crippen molar-refractivity contribution in [3.05, 3.63) is 23.0 Å². The van der Waals surface area contributed by atoms with Crippen LogP contribution in [0.5, 0.6) is 0 Å². The number of likely N-dealkylation sites (N-methyl/N-ethyl adjacent to an activating group) is 1. The highest BCUT2D eigenvalue weighted by Crippen LogP contribution is 2.19. The van der Waals surface area contributed by atoms with E-state index in [2.05, 4.69) is 10.3 Å². The highest BCUT2D eigenvalue weighted by Gasteiger charge is 2.31. The number of aryl methyl sites for hydroxylation is 2. The summed E-state index contributed by atoms with van der Waals surface area (Å²) in [7, 11) is 1.64. The Labute approximate surface area is 113 Å². The number of likely N-dealkylation sites (tertiary alicyclic amines) is 1. The van der Waals surface area contributed by atoms with E-state index in [1.54, 1.807) is 7.05 Å². The van der Waals surface area contributed by atoms with Crippen molar-refractivity contribution in [3.63, 3.8) is 0 Å². The molecule has 0 saturated carbocycles. The molecule has 1 saturated heterocycles. The van der Waals surface area contributed by atoms with Crippen molar-refractivity contribution in [2.75, 3.05) is 20.1 Å². The molecule has 0 radical (unpaired) electrons. The molecule has 1 fully saturated rings. The summed E-state index contributed by atoms with van der Waals surface area (Å²) in [6.45, 7) is 4.97. The second kappa shape index (κ2) is 5.57. The Morgan fingerprint density at radius 1 is 1.47 bits per heavy atom. The van der Waals surface area contributed by atoms with Crippen molar-refractivity contribution >= 4 is 11.7 Å². The predicted molar refractivity (Wildman–Crippen MR) is 73.3 cm³/mol.